The van der Waals surface area contributed by atoms with Crippen molar-refractivity contribution in [3.8, 4) is 0 Å². The predicted octanol–water partition coefficient (Wildman–Crippen LogP) is 2.74. The van der Waals surface area contributed by atoms with Crippen LogP contribution in [0.2, 0.25) is 0 Å². The summed E-state index contributed by atoms with van der Waals surface area (Å²) in [5, 5.41) is 0.0339. The van der Waals surface area contributed by atoms with Gasteiger partial charge in [0.1, 0.15) is 0 Å². The molecule has 1 saturated heterocycles. The van der Waals surface area contributed by atoms with E-state index in [-0.39, 0.29) is 17.2 Å². The molecule has 3 unspecified atom stereocenters. The number of amides is 1. The predicted molar refractivity (Wildman–Crippen MR) is 81.8 cm³/mol. The van der Waals surface area contributed by atoms with Crippen LogP contribution in [-0.2, 0) is 10.8 Å². The molecule has 5 heteroatoms. The highest BCUT2D eigenvalue weighted by molar-refractivity contribution is 9.10. The number of carbonyl (C=O) groups is 1. The molecule has 3 atom stereocenters. The number of hydrogen-bond donors (Lipinski definition) is 0. The van der Waals surface area contributed by atoms with E-state index in [4.69, 9.17) is 0 Å². The van der Waals surface area contributed by atoms with Crippen molar-refractivity contribution in [1.82, 2.24) is 4.90 Å². The van der Waals surface area contributed by atoms with Crippen LogP contribution in [-0.4, -0.2) is 38.6 Å². The fraction of sp³-hybridized carbons (Fsp3) is 0.500. The van der Waals surface area contributed by atoms with Crippen LogP contribution in [0.15, 0.2) is 22.7 Å². The first-order chi connectivity index (χ1) is 8.91. The van der Waals surface area contributed by atoms with Gasteiger partial charge in [-0.3, -0.25) is 9.00 Å². The summed E-state index contributed by atoms with van der Waals surface area (Å²) in [7, 11) is -0.820. The van der Waals surface area contributed by atoms with Gasteiger partial charge >= 0.3 is 0 Å². The van der Waals surface area contributed by atoms with Crippen molar-refractivity contribution in [2.75, 3.05) is 12.3 Å². The Morgan fingerprint density at radius 2 is 2.11 bits per heavy atom. The maximum atomic E-state index is 12.5. The fourth-order valence-electron chi connectivity index (χ4n) is 2.23. The Hall–Kier alpha value is -0.680. The van der Waals surface area contributed by atoms with E-state index < -0.39 is 10.8 Å². The standard InChI is InChI=1S/C14H18BrNO2S/c1-9-4-5-12(8-13(9)15)14(17)16-6-7-19(18)11(3)10(16)2/h4-5,8,10-11H,6-7H2,1-3H3. The maximum Gasteiger partial charge on any atom is 0.254 e. The molecule has 0 radical (unpaired) electrons. The highest BCUT2D eigenvalue weighted by atomic mass is 79.9. The minimum absolute atomic E-state index is 0.0159. The highest BCUT2D eigenvalue weighted by Gasteiger charge is 2.33. The summed E-state index contributed by atoms with van der Waals surface area (Å²) in [6.07, 6.45) is 0. The molecule has 2 rings (SSSR count). The summed E-state index contributed by atoms with van der Waals surface area (Å²) in [5.74, 6) is 0.598. The Kier molecular flexibility index (Phi) is 4.46. The Balaban J connectivity index is 2.24. The SMILES string of the molecule is Cc1ccc(C(=O)N2CCS(=O)C(C)C2C)cc1Br. The van der Waals surface area contributed by atoms with Crippen molar-refractivity contribution in [1.29, 1.82) is 0 Å². The zero-order valence-corrected chi connectivity index (χ0v) is 13.8. The third-order valence-electron chi connectivity index (χ3n) is 3.80. The number of nitrogens with zero attached hydrogens (tertiary/aromatic N) is 1. The van der Waals surface area contributed by atoms with Gasteiger partial charge in [-0.1, -0.05) is 22.0 Å². The van der Waals surface area contributed by atoms with Gasteiger partial charge in [-0.2, -0.15) is 0 Å². The first-order valence-corrected chi connectivity index (χ1v) is 8.53. The zero-order valence-electron chi connectivity index (χ0n) is 11.4. The van der Waals surface area contributed by atoms with Crippen LogP contribution in [0.4, 0.5) is 0 Å². The molecule has 0 bridgehead atoms. The van der Waals surface area contributed by atoms with Crippen LogP contribution in [0.5, 0.6) is 0 Å². The number of aryl methyl sites for hydroxylation is 1. The topological polar surface area (TPSA) is 37.4 Å². The molecule has 0 N–H and O–H groups in total. The van der Waals surface area contributed by atoms with Crippen molar-refractivity contribution >= 4 is 32.6 Å². The van der Waals surface area contributed by atoms with Crippen molar-refractivity contribution in [3.05, 3.63) is 33.8 Å². The molecule has 1 aliphatic rings. The quantitative estimate of drug-likeness (QED) is 0.786. The third-order valence-corrected chi connectivity index (χ3v) is 6.46. The molecule has 1 aliphatic heterocycles. The largest absolute Gasteiger partial charge is 0.334 e. The number of carbonyl (C=O) groups excluding carboxylic acids is 1. The minimum atomic E-state index is -0.820. The summed E-state index contributed by atoms with van der Waals surface area (Å²) in [6, 6.07) is 5.67. The highest BCUT2D eigenvalue weighted by Crippen LogP contribution is 2.22. The summed E-state index contributed by atoms with van der Waals surface area (Å²) in [4.78, 5) is 14.4. The Morgan fingerprint density at radius 1 is 1.42 bits per heavy atom. The fourth-order valence-corrected chi connectivity index (χ4v) is 3.94. The summed E-state index contributed by atoms with van der Waals surface area (Å²) in [6.45, 7) is 6.49. The Labute approximate surface area is 125 Å². The molecular formula is C14H18BrNO2S. The van der Waals surface area contributed by atoms with Gasteiger partial charge in [0.2, 0.25) is 0 Å². The van der Waals surface area contributed by atoms with Gasteiger partial charge in [-0.15, -0.1) is 0 Å². The molecular weight excluding hydrogens is 326 g/mol. The number of hydrogen-bond acceptors (Lipinski definition) is 2. The average Bonchev–Trinajstić information content (AvgIpc) is 2.39. The van der Waals surface area contributed by atoms with Crippen molar-refractivity contribution in [2.24, 2.45) is 0 Å². The van der Waals surface area contributed by atoms with E-state index in [1.54, 1.807) is 0 Å². The van der Waals surface area contributed by atoms with Crippen LogP contribution in [0, 0.1) is 6.92 Å². The van der Waals surface area contributed by atoms with Crippen LogP contribution in [0.1, 0.15) is 29.8 Å². The van der Waals surface area contributed by atoms with E-state index >= 15 is 0 Å². The van der Waals surface area contributed by atoms with Gasteiger partial charge in [0.05, 0.1) is 5.25 Å². The first kappa shape index (κ1) is 14.7. The molecule has 104 valence electrons. The minimum Gasteiger partial charge on any atom is -0.334 e. The molecule has 0 aromatic heterocycles. The lowest BCUT2D eigenvalue weighted by Crippen LogP contribution is -2.52. The van der Waals surface area contributed by atoms with Crippen molar-refractivity contribution < 1.29 is 9.00 Å². The lowest BCUT2D eigenvalue weighted by molar-refractivity contribution is 0.0695. The molecule has 3 nitrogen and oxygen atoms in total. The lowest BCUT2D eigenvalue weighted by Gasteiger charge is -2.37. The van der Waals surface area contributed by atoms with E-state index in [9.17, 15) is 9.00 Å². The summed E-state index contributed by atoms with van der Waals surface area (Å²) < 4.78 is 12.7. The van der Waals surface area contributed by atoms with E-state index in [0.29, 0.717) is 17.9 Å². The maximum absolute atomic E-state index is 12.5. The molecule has 19 heavy (non-hydrogen) atoms. The molecule has 0 saturated carbocycles. The van der Waals surface area contributed by atoms with Gasteiger partial charge in [0, 0.05) is 39.2 Å². The van der Waals surface area contributed by atoms with Gasteiger partial charge in [-0.05, 0) is 38.5 Å². The van der Waals surface area contributed by atoms with E-state index in [1.165, 1.54) is 0 Å². The molecule has 0 aliphatic carbocycles. The van der Waals surface area contributed by atoms with Gasteiger partial charge in [0.15, 0.2) is 0 Å². The molecule has 1 amide bonds. The second kappa shape index (κ2) is 5.75. The normalized spacial score (nSPS) is 27.4. The zero-order chi connectivity index (χ0) is 14.2. The Morgan fingerprint density at radius 3 is 2.74 bits per heavy atom. The van der Waals surface area contributed by atoms with E-state index in [1.807, 2.05) is 43.9 Å². The van der Waals surface area contributed by atoms with Crippen molar-refractivity contribution in [2.45, 2.75) is 32.1 Å². The van der Waals surface area contributed by atoms with Crippen molar-refractivity contribution in [3.63, 3.8) is 0 Å². The summed E-state index contributed by atoms with van der Waals surface area (Å²) in [5.41, 5.74) is 1.79. The van der Waals surface area contributed by atoms with Gasteiger partial charge < -0.3 is 4.90 Å². The molecule has 1 aromatic carbocycles. The number of benzene rings is 1. The number of rotatable bonds is 1. The molecule has 1 fully saturated rings. The summed E-state index contributed by atoms with van der Waals surface area (Å²) >= 11 is 3.46. The van der Waals surface area contributed by atoms with Crippen LogP contribution in [0.3, 0.4) is 0 Å². The van der Waals surface area contributed by atoms with Gasteiger partial charge in [-0.25, -0.2) is 0 Å². The van der Waals surface area contributed by atoms with Crippen LogP contribution >= 0.6 is 15.9 Å². The molecule has 1 heterocycles. The smallest absolute Gasteiger partial charge is 0.254 e. The number of halogens is 1. The third kappa shape index (κ3) is 2.92. The molecule has 0 spiro atoms. The van der Waals surface area contributed by atoms with Crippen LogP contribution in [0.25, 0.3) is 0 Å². The second-order valence-corrected chi connectivity index (χ2v) is 7.76. The lowest BCUT2D eigenvalue weighted by atomic mass is 10.1. The Bertz CT molecular complexity index is 532. The second-order valence-electron chi connectivity index (χ2n) is 4.99. The van der Waals surface area contributed by atoms with E-state index in [2.05, 4.69) is 15.9 Å². The monoisotopic (exact) mass is 343 g/mol. The van der Waals surface area contributed by atoms with E-state index in [0.717, 1.165) is 10.0 Å². The average molecular weight is 344 g/mol. The van der Waals surface area contributed by atoms with Crippen LogP contribution < -0.4 is 0 Å². The van der Waals surface area contributed by atoms with Gasteiger partial charge in [0.25, 0.3) is 5.91 Å². The molecule has 1 aromatic rings. The first-order valence-electron chi connectivity index (χ1n) is 6.36.